The molecule has 4 nitrogen and oxygen atoms in total. The zero-order chi connectivity index (χ0) is 14.4. The summed E-state index contributed by atoms with van der Waals surface area (Å²) >= 11 is 6.05. The van der Waals surface area contributed by atoms with Gasteiger partial charge in [0.25, 0.3) is 5.91 Å². The van der Waals surface area contributed by atoms with E-state index in [9.17, 15) is 4.79 Å². The number of nitrogens with zero attached hydrogens (tertiary/aromatic N) is 1. The number of hydrogen-bond acceptors (Lipinski definition) is 3. The van der Waals surface area contributed by atoms with E-state index in [0.29, 0.717) is 29.5 Å². The van der Waals surface area contributed by atoms with Gasteiger partial charge in [-0.05, 0) is 37.3 Å². The highest BCUT2D eigenvalue weighted by molar-refractivity contribution is 6.32. The van der Waals surface area contributed by atoms with Crippen LogP contribution in [0.3, 0.4) is 0 Å². The Morgan fingerprint density at radius 1 is 1.35 bits per heavy atom. The Hall–Kier alpha value is -2.07. The molecular weight excluding hydrogens is 276 g/mol. The first-order chi connectivity index (χ1) is 9.70. The van der Waals surface area contributed by atoms with Crippen molar-refractivity contribution in [3.05, 3.63) is 58.9 Å². The standard InChI is InChI=1S/C15H15ClN2O2/c1-2-20-14-7-6-11(9-13(14)16)15(19)18-10-12-5-3-4-8-17-12/h3-9H,2,10H2,1H3,(H,18,19). The van der Waals surface area contributed by atoms with E-state index in [4.69, 9.17) is 16.3 Å². The number of carbonyl (C=O) groups excluding carboxylic acids is 1. The molecule has 0 saturated carbocycles. The van der Waals surface area contributed by atoms with Crippen molar-refractivity contribution in [1.82, 2.24) is 10.3 Å². The van der Waals surface area contributed by atoms with Crippen LogP contribution in [0.4, 0.5) is 0 Å². The minimum Gasteiger partial charge on any atom is -0.492 e. The molecule has 2 aromatic rings. The molecule has 1 N–H and O–H groups in total. The normalized spacial score (nSPS) is 10.1. The molecule has 5 heteroatoms. The molecule has 0 aliphatic heterocycles. The van der Waals surface area contributed by atoms with Gasteiger partial charge in [-0.3, -0.25) is 9.78 Å². The van der Waals surface area contributed by atoms with Gasteiger partial charge < -0.3 is 10.1 Å². The molecule has 20 heavy (non-hydrogen) atoms. The van der Waals surface area contributed by atoms with Crippen LogP contribution in [0.15, 0.2) is 42.6 Å². The van der Waals surface area contributed by atoms with Gasteiger partial charge in [-0.15, -0.1) is 0 Å². The van der Waals surface area contributed by atoms with Crippen LogP contribution in [0.25, 0.3) is 0 Å². The number of hydrogen-bond donors (Lipinski definition) is 1. The van der Waals surface area contributed by atoms with Gasteiger partial charge in [0.2, 0.25) is 0 Å². The quantitative estimate of drug-likeness (QED) is 0.921. The van der Waals surface area contributed by atoms with E-state index in [1.807, 2.05) is 25.1 Å². The van der Waals surface area contributed by atoms with Crippen LogP contribution in [-0.2, 0) is 6.54 Å². The molecular formula is C15H15ClN2O2. The van der Waals surface area contributed by atoms with Crippen molar-refractivity contribution in [1.29, 1.82) is 0 Å². The van der Waals surface area contributed by atoms with Crippen LogP contribution in [0, 0.1) is 0 Å². The highest BCUT2D eigenvalue weighted by atomic mass is 35.5. The lowest BCUT2D eigenvalue weighted by molar-refractivity contribution is 0.0950. The van der Waals surface area contributed by atoms with E-state index in [1.54, 1.807) is 24.4 Å². The smallest absolute Gasteiger partial charge is 0.251 e. The third kappa shape index (κ3) is 3.71. The molecule has 1 aromatic heterocycles. The number of ether oxygens (including phenoxy) is 1. The molecule has 0 atom stereocenters. The monoisotopic (exact) mass is 290 g/mol. The van der Waals surface area contributed by atoms with Crippen LogP contribution >= 0.6 is 11.6 Å². The second kappa shape index (κ2) is 6.91. The van der Waals surface area contributed by atoms with Crippen LogP contribution in [-0.4, -0.2) is 17.5 Å². The average molecular weight is 291 g/mol. The molecule has 0 aliphatic rings. The number of nitrogens with one attached hydrogen (secondary N) is 1. The zero-order valence-electron chi connectivity index (χ0n) is 11.1. The summed E-state index contributed by atoms with van der Waals surface area (Å²) in [6, 6.07) is 10.5. The van der Waals surface area contributed by atoms with Crippen molar-refractivity contribution in [2.75, 3.05) is 6.61 Å². The first kappa shape index (κ1) is 14.3. The minimum atomic E-state index is -0.194. The number of amides is 1. The molecule has 0 radical (unpaired) electrons. The second-order valence-electron chi connectivity index (χ2n) is 4.08. The predicted molar refractivity (Wildman–Crippen MR) is 78.0 cm³/mol. The Morgan fingerprint density at radius 3 is 2.85 bits per heavy atom. The zero-order valence-corrected chi connectivity index (χ0v) is 11.9. The second-order valence-corrected chi connectivity index (χ2v) is 4.49. The number of carbonyl (C=O) groups is 1. The van der Waals surface area contributed by atoms with Crippen LogP contribution < -0.4 is 10.1 Å². The summed E-state index contributed by atoms with van der Waals surface area (Å²) in [5, 5.41) is 3.22. The van der Waals surface area contributed by atoms with Crippen LogP contribution in [0.2, 0.25) is 5.02 Å². The third-order valence-corrected chi connectivity index (χ3v) is 2.95. The summed E-state index contributed by atoms with van der Waals surface area (Å²) in [7, 11) is 0. The van der Waals surface area contributed by atoms with E-state index in [2.05, 4.69) is 10.3 Å². The molecule has 0 fully saturated rings. The predicted octanol–water partition coefficient (Wildman–Crippen LogP) is 3.06. The van der Waals surface area contributed by atoms with Gasteiger partial charge in [0, 0.05) is 11.8 Å². The summed E-state index contributed by atoms with van der Waals surface area (Å²) in [6.07, 6.45) is 1.69. The lowest BCUT2D eigenvalue weighted by atomic mass is 10.2. The fraction of sp³-hybridized carbons (Fsp3) is 0.200. The Kier molecular flexibility index (Phi) is 4.96. The lowest BCUT2D eigenvalue weighted by Crippen LogP contribution is -2.23. The van der Waals surface area contributed by atoms with Crippen molar-refractivity contribution in [3.63, 3.8) is 0 Å². The largest absolute Gasteiger partial charge is 0.492 e. The van der Waals surface area contributed by atoms with Gasteiger partial charge in [0.1, 0.15) is 5.75 Å². The molecule has 0 bridgehead atoms. The molecule has 2 rings (SSSR count). The van der Waals surface area contributed by atoms with Crippen molar-refractivity contribution in [2.24, 2.45) is 0 Å². The summed E-state index contributed by atoms with van der Waals surface area (Å²) < 4.78 is 5.33. The maximum absolute atomic E-state index is 12.0. The maximum Gasteiger partial charge on any atom is 0.251 e. The summed E-state index contributed by atoms with van der Waals surface area (Å²) in [5.41, 5.74) is 1.30. The van der Waals surface area contributed by atoms with Gasteiger partial charge in [0.05, 0.1) is 23.9 Å². The highest BCUT2D eigenvalue weighted by Gasteiger charge is 2.09. The Morgan fingerprint density at radius 2 is 2.20 bits per heavy atom. The van der Waals surface area contributed by atoms with Crippen molar-refractivity contribution < 1.29 is 9.53 Å². The summed E-state index contributed by atoms with van der Waals surface area (Å²) in [6.45, 7) is 2.79. The molecule has 0 unspecified atom stereocenters. The van der Waals surface area contributed by atoms with E-state index in [1.165, 1.54) is 0 Å². The lowest BCUT2D eigenvalue weighted by Gasteiger charge is -2.08. The first-order valence-electron chi connectivity index (χ1n) is 6.31. The summed E-state index contributed by atoms with van der Waals surface area (Å²) in [5.74, 6) is 0.385. The molecule has 1 aromatic carbocycles. The van der Waals surface area contributed by atoms with Gasteiger partial charge in [-0.1, -0.05) is 17.7 Å². The summed E-state index contributed by atoms with van der Waals surface area (Å²) in [4.78, 5) is 16.1. The fourth-order valence-corrected chi connectivity index (χ4v) is 1.93. The SMILES string of the molecule is CCOc1ccc(C(=O)NCc2ccccn2)cc1Cl. The maximum atomic E-state index is 12.0. The molecule has 0 saturated heterocycles. The Labute approximate surface area is 122 Å². The number of halogens is 1. The van der Waals surface area contributed by atoms with Gasteiger partial charge in [0.15, 0.2) is 0 Å². The van der Waals surface area contributed by atoms with E-state index < -0.39 is 0 Å². The highest BCUT2D eigenvalue weighted by Crippen LogP contribution is 2.25. The molecule has 1 heterocycles. The van der Waals surface area contributed by atoms with E-state index in [0.717, 1.165) is 5.69 Å². The molecule has 104 valence electrons. The van der Waals surface area contributed by atoms with E-state index >= 15 is 0 Å². The molecule has 0 spiro atoms. The number of benzene rings is 1. The Balaban J connectivity index is 2.00. The van der Waals surface area contributed by atoms with Crippen LogP contribution in [0.5, 0.6) is 5.75 Å². The number of rotatable bonds is 5. The first-order valence-corrected chi connectivity index (χ1v) is 6.69. The molecule has 0 aliphatic carbocycles. The topological polar surface area (TPSA) is 51.2 Å². The Bertz CT molecular complexity index is 588. The fourth-order valence-electron chi connectivity index (χ4n) is 1.69. The van der Waals surface area contributed by atoms with Crippen molar-refractivity contribution >= 4 is 17.5 Å². The van der Waals surface area contributed by atoms with E-state index in [-0.39, 0.29) is 5.91 Å². The van der Waals surface area contributed by atoms with Crippen molar-refractivity contribution in [3.8, 4) is 5.75 Å². The van der Waals surface area contributed by atoms with Gasteiger partial charge in [-0.2, -0.15) is 0 Å². The average Bonchev–Trinajstić information content (AvgIpc) is 2.48. The van der Waals surface area contributed by atoms with Crippen molar-refractivity contribution in [2.45, 2.75) is 13.5 Å². The molecule has 1 amide bonds. The van der Waals surface area contributed by atoms with Crippen LogP contribution in [0.1, 0.15) is 23.0 Å². The minimum absolute atomic E-state index is 0.194. The number of aromatic nitrogens is 1. The third-order valence-electron chi connectivity index (χ3n) is 2.65. The van der Waals surface area contributed by atoms with Gasteiger partial charge >= 0.3 is 0 Å². The van der Waals surface area contributed by atoms with Gasteiger partial charge in [-0.25, -0.2) is 0 Å². The number of pyridine rings is 1.